The topological polar surface area (TPSA) is 60.9 Å². The Balaban J connectivity index is 2.01. The predicted molar refractivity (Wildman–Crippen MR) is 108 cm³/mol. The third kappa shape index (κ3) is 4.46. The van der Waals surface area contributed by atoms with Crippen LogP contribution in [-0.4, -0.2) is 63.8 Å². The van der Waals surface area contributed by atoms with Gasteiger partial charge in [-0.2, -0.15) is 0 Å². The van der Waals surface area contributed by atoms with Gasteiger partial charge >= 0.3 is 0 Å². The lowest BCUT2D eigenvalue weighted by Gasteiger charge is -2.32. The van der Waals surface area contributed by atoms with Crippen LogP contribution in [0.3, 0.4) is 0 Å². The molecular weight excluding hydrogens is 362 g/mol. The zero-order valence-electron chi connectivity index (χ0n) is 16.5. The molecule has 0 bridgehead atoms. The number of nitrogens with zero attached hydrogens (tertiary/aromatic N) is 3. The third-order valence-corrected chi connectivity index (χ3v) is 7.38. The van der Waals surface area contributed by atoms with E-state index in [-0.39, 0.29) is 10.8 Å². The van der Waals surface area contributed by atoms with Crippen LogP contribution in [0.2, 0.25) is 0 Å². The third-order valence-electron chi connectivity index (χ3n) is 5.57. The molecule has 1 amide bonds. The van der Waals surface area contributed by atoms with Gasteiger partial charge < -0.3 is 9.80 Å². The number of hydrogen-bond acceptors (Lipinski definition) is 4. The molecule has 0 spiro atoms. The minimum atomic E-state index is -3.57. The van der Waals surface area contributed by atoms with Gasteiger partial charge in [0.2, 0.25) is 10.0 Å². The molecule has 0 radical (unpaired) electrons. The molecule has 0 unspecified atom stereocenters. The molecule has 2 aliphatic rings. The number of piperidine rings is 1. The fourth-order valence-corrected chi connectivity index (χ4v) is 4.84. The van der Waals surface area contributed by atoms with Gasteiger partial charge in [-0.1, -0.05) is 12.8 Å². The van der Waals surface area contributed by atoms with E-state index in [0.29, 0.717) is 5.56 Å². The number of carbonyl (C=O) groups excluding carboxylic acids is 1. The molecule has 1 aromatic carbocycles. The van der Waals surface area contributed by atoms with Crippen molar-refractivity contribution in [3.05, 3.63) is 23.8 Å². The second kappa shape index (κ2) is 8.61. The van der Waals surface area contributed by atoms with Crippen molar-refractivity contribution in [2.75, 3.05) is 45.2 Å². The van der Waals surface area contributed by atoms with Gasteiger partial charge in [0.25, 0.3) is 5.91 Å². The zero-order valence-corrected chi connectivity index (χ0v) is 17.3. The van der Waals surface area contributed by atoms with Gasteiger partial charge in [-0.3, -0.25) is 4.79 Å². The zero-order chi connectivity index (χ0) is 19.4. The predicted octanol–water partition coefficient (Wildman–Crippen LogP) is 2.94. The number of amides is 1. The largest absolute Gasteiger partial charge is 0.371 e. The summed E-state index contributed by atoms with van der Waals surface area (Å²) >= 11 is 0. The Bertz CT molecular complexity index is 763. The summed E-state index contributed by atoms with van der Waals surface area (Å²) < 4.78 is 26.4. The maximum absolute atomic E-state index is 13.4. The molecule has 2 fully saturated rings. The molecule has 0 aliphatic carbocycles. The molecule has 6 nitrogen and oxygen atoms in total. The summed E-state index contributed by atoms with van der Waals surface area (Å²) in [6.07, 6.45) is 7.75. The van der Waals surface area contributed by atoms with Gasteiger partial charge in [-0.25, -0.2) is 12.7 Å². The highest BCUT2D eigenvalue weighted by atomic mass is 32.2. The second-order valence-corrected chi connectivity index (χ2v) is 9.87. The van der Waals surface area contributed by atoms with E-state index in [0.717, 1.165) is 70.4 Å². The number of benzene rings is 1. The summed E-state index contributed by atoms with van der Waals surface area (Å²) in [4.78, 5) is 17.7. The van der Waals surface area contributed by atoms with Crippen molar-refractivity contribution in [3.63, 3.8) is 0 Å². The molecule has 2 saturated heterocycles. The Kier molecular flexibility index (Phi) is 6.42. The van der Waals surface area contributed by atoms with Crippen LogP contribution < -0.4 is 4.90 Å². The molecule has 0 aromatic heterocycles. The van der Waals surface area contributed by atoms with Crippen molar-refractivity contribution in [1.29, 1.82) is 0 Å². The lowest BCUT2D eigenvalue weighted by atomic mass is 10.1. The first kappa shape index (κ1) is 20.1. The van der Waals surface area contributed by atoms with Crippen LogP contribution in [0.25, 0.3) is 0 Å². The van der Waals surface area contributed by atoms with Crippen molar-refractivity contribution < 1.29 is 13.2 Å². The lowest BCUT2D eigenvalue weighted by Crippen LogP contribution is -2.36. The monoisotopic (exact) mass is 393 g/mol. The number of rotatable bonds is 4. The first-order valence-electron chi connectivity index (χ1n) is 10.0. The molecule has 7 heteroatoms. The van der Waals surface area contributed by atoms with E-state index in [9.17, 15) is 13.2 Å². The Morgan fingerprint density at radius 1 is 0.889 bits per heavy atom. The van der Waals surface area contributed by atoms with E-state index < -0.39 is 10.0 Å². The molecule has 0 saturated carbocycles. The van der Waals surface area contributed by atoms with Crippen LogP contribution in [0.15, 0.2) is 23.1 Å². The van der Waals surface area contributed by atoms with Gasteiger partial charge in [0.05, 0.1) is 10.5 Å². The number of hydrogen-bond donors (Lipinski definition) is 0. The molecule has 2 heterocycles. The summed E-state index contributed by atoms with van der Waals surface area (Å²) in [5.74, 6) is -0.0340. The summed E-state index contributed by atoms with van der Waals surface area (Å²) in [6, 6.07) is 5.05. The van der Waals surface area contributed by atoms with Crippen LogP contribution >= 0.6 is 0 Å². The van der Waals surface area contributed by atoms with Gasteiger partial charge in [-0.15, -0.1) is 0 Å². The molecule has 3 rings (SSSR count). The molecule has 0 N–H and O–H groups in total. The average Bonchev–Trinajstić information content (AvgIpc) is 2.97. The second-order valence-electron chi connectivity index (χ2n) is 7.72. The number of anilines is 1. The standard InChI is InChI=1S/C20H31N3O3S/c1-21(2)27(25,26)17-10-11-19(22-12-8-5-9-13-22)18(16-17)20(24)23-14-6-3-4-7-15-23/h10-11,16H,3-9,12-15H2,1-2H3. The Morgan fingerprint density at radius 2 is 1.44 bits per heavy atom. The van der Waals surface area contributed by atoms with Crippen molar-refractivity contribution in [3.8, 4) is 0 Å². The molecule has 2 aliphatic heterocycles. The Hall–Kier alpha value is -1.60. The van der Waals surface area contributed by atoms with Crippen LogP contribution in [0.4, 0.5) is 5.69 Å². The number of likely N-dealkylation sites (tertiary alicyclic amines) is 1. The smallest absolute Gasteiger partial charge is 0.256 e. The number of carbonyl (C=O) groups is 1. The first-order chi connectivity index (χ1) is 12.9. The van der Waals surface area contributed by atoms with Crippen molar-refractivity contribution >= 4 is 21.6 Å². The molecular formula is C20H31N3O3S. The number of sulfonamides is 1. The highest BCUT2D eigenvalue weighted by Crippen LogP contribution is 2.29. The minimum Gasteiger partial charge on any atom is -0.371 e. The van der Waals surface area contributed by atoms with Crippen LogP contribution in [0.5, 0.6) is 0 Å². The quantitative estimate of drug-likeness (QED) is 0.789. The van der Waals surface area contributed by atoms with Crippen molar-refractivity contribution in [2.45, 2.75) is 49.8 Å². The van der Waals surface area contributed by atoms with E-state index in [1.165, 1.54) is 24.8 Å². The highest BCUT2D eigenvalue weighted by Gasteiger charge is 2.26. The van der Waals surface area contributed by atoms with Crippen LogP contribution in [0.1, 0.15) is 55.3 Å². The first-order valence-corrected chi connectivity index (χ1v) is 11.5. The van der Waals surface area contributed by atoms with Gasteiger partial charge in [0.15, 0.2) is 0 Å². The SMILES string of the molecule is CN(C)S(=O)(=O)c1ccc(N2CCCCC2)c(C(=O)N2CCCCCC2)c1. The summed E-state index contributed by atoms with van der Waals surface area (Å²) in [7, 11) is -0.538. The molecule has 0 atom stereocenters. The lowest BCUT2D eigenvalue weighted by molar-refractivity contribution is 0.0762. The Labute approximate surface area is 163 Å². The van der Waals surface area contributed by atoms with Crippen LogP contribution in [-0.2, 0) is 10.0 Å². The normalized spacial score (nSPS) is 19.2. The summed E-state index contributed by atoms with van der Waals surface area (Å²) in [5, 5.41) is 0. The highest BCUT2D eigenvalue weighted by molar-refractivity contribution is 7.89. The van der Waals surface area contributed by atoms with Crippen molar-refractivity contribution in [2.24, 2.45) is 0 Å². The van der Waals surface area contributed by atoms with Crippen molar-refractivity contribution in [1.82, 2.24) is 9.21 Å². The minimum absolute atomic E-state index is 0.0340. The van der Waals surface area contributed by atoms with Gasteiger partial charge in [0.1, 0.15) is 0 Å². The molecule has 150 valence electrons. The van der Waals surface area contributed by atoms with E-state index in [1.54, 1.807) is 12.1 Å². The van der Waals surface area contributed by atoms with E-state index in [2.05, 4.69) is 4.90 Å². The average molecular weight is 394 g/mol. The van der Waals surface area contributed by atoms with E-state index in [4.69, 9.17) is 0 Å². The Morgan fingerprint density at radius 3 is 2.04 bits per heavy atom. The van der Waals surface area contributed by atoms with E-state index in [1.807, 2.05) is 11.0 Å². The molecule has 1 aromatic rings. The molecule has 27 heavy (non-hydrogen) atoms. The maximum atomic E-state index is 13.4. The van der Waals surface area contributed by atoms with Crippen LogP contribution in [0, 0.1) is 0 Å². The van der Waals surface area contributed by atoms with Gasteiger partial charge in [-0.05, 0) is 50.3 Å². The van der Waals surface area contributed by atoms with Gasteiger partial charge in [0, 0.05) is 46.0 Å². The summed E-state index contributed by atoms with van der Waals surface area (Å²) in [6.45, 7) is 3.34. The fraction of sp³-hybridized carbons (Fsp3) is 0.650. The summed E-state index contributed by atoms with van der Waals surface area (Å²) in [5.41, 5.74) is 1.41. The fourth-order valence-electron chi connectivity index (χ4n) is 3.91. The maximum Gasteiger partial charge on any atom is 0.256 e. The van der Waals surface area contributed by atoms with E-state index >= 15 is 0 Å².